The Labute approximate surface area is 124 Å². The highest BCUT2D eigenvalue weighted by Crippen LogP contribution is 2.27. The van der Waals surface area contributed by atoms with Gasteiger partial charge in [-0.2, -0.15) is 0 Å². The zero-order valence-electron chi connectivity index (χ0n) is 10.9. The number of rotatable bonds is 5. The van der Waals surface area contributed by atoms with Crippen molar-refractivity contribution >= 4 is 23.2 Å². The molecule has 1 aliphatic rings. The third kappa shape index (κ3) is 4.53. The smallest absolute Gasteiger partial charge is 0.138 e. The normalized spacial score (nSPS) is 17.6. The van der Waals surface area contributed by atoms with E-state index in [1.54, 1.807) is 12.1 Å². The van der Waals surface area contributed by atoms with E-state index in [9.17, 15) is 0 Å². The van der Waals surface area contributed by atoms with E-state index in [0.29, 0.717) is 28.3 Å². The summed E-state index contributed by atoms with van der Waals surface area (Å²) in [6.07, 6.45) is 2.39. The average Bonchev–Trinajstić information content (AvgIpc) is 2.42. The summed E-state index contributed by atoms with van der Waals surface area (Å²) in [7, 11) is 0. The van der Waals surface area contributed by atoms with Gasteiger partial charge in [-0.05, 0) is 56.6 Å². The van der Waals surface area contributed by atoms with Gasteiger partial charge < -0.3 is 10.5 Å². The number of hydrogen-bond acceptors (Lipinski definition) is 3. The van der Waals surface area contributed by atoms with Crippen LogP contribution >= 0.6 is 23.2 Å². The SMILES string of the molecule is NCC1CCN(CCOc2ccc(Cl)cc2Cl)CC1. The summed E-state index contributed by atoms with van der Waals surface area (Å²) in [5.74, 6) is 1.39. The fourth-order valence-corrected chi connectivity index (χ4v) is 2.79. The molecule has 2 rings (SSSR count). The predicted molar refractivity (Wildman–Crippen MR) is 80.2 cm³/mol. The Kier molecular flexibility index (Phi) is 5.76. The first kappa shape index (κ1) is 14.9. The fraction of sp³-hybridized carbons (Fsp3) is 0.571. The van der Waals surface area contributed by atoms with E-state index >= 15 is 0 Å². The van der Waals surface area contributed by atoms with E-state index in [2.05, 4.69) is 4.90 Å². The van der Waals surface area contributed by atoms with Crippen LogP contribution < -0.4 is 10.5 Å². The van der Waals surface area contributed by atoms with Crippen LogP contribution in [0.4, 0.5) is 0 Å². The molecule has 106 valence electrons. The van der Waals surface area contributed by atoms with E-state index in [-0.39, 0.29) is 0 Å². The van der Waals surface area contributed by atoms with Gasteiger partial charge in [0.1, 0.15) is 12.4 Å². The first-order valence-electron chi connectivity index (χ1n) is 6.69. The van der Waals surface area contributed by atoms with E-state index in [1.165, 1.54) is 12.8 Å². The van der Waals surface area contributed by atoms with Crippen molar-refractivity contribution in [2.24, 2.45) is 11.7 Å². The van der Waals surface area contributed by atoms with Gasteiger partial charge in [-0.25, -0.2) is 0 Å². The van der Waals surface area contributed by atoms with E-state index in [4.69, 9.17) is 33.7 Å². The minimum atomic E-state index is 0.564. The molecule has 1 aromatic carbocycles. The van der Waals surface area contributed by atoms with Gasteiger partial charge in [0, 0.05) is 11.6 Å². The fourth-order valence-electron chi connectivity index (χ4n) is 2.32. The lowest BCUT2D eigenvalue weighted by Crippen LogP contribution is -2.38. The molecule has 1 heterocycles. The number of ether oxygens (including phenoxy) is 1. The molecule has 1 aromatic rings. The summed E-state index contributed by atoms with van der Waals surface area (Å²) in [4.78, 5) is 2.41. The maximum atomic E-state index is 6.05. The third-order valence-corrected chi connectivity index (χ3v) is 4.13. The molecule has 0 atom stereocenters. The van der Waals surface area contributed by atoms with Gasteiger partial charge in [0.15, 0.2) is 0 Å². The van der Waals surface area contributed by atoms with E-state index in [0.717, 1.165) is 26.2 Å². The molecular formula is C14H20Cl2N2O. The van der Waals surface area contributed by atoms with E-state index < -0.39 is 0 Å². The second-order valence-electron chi connectivity index (χ2n) is 4.94. The van der Waals surface area contributed by atoms with Crippen molar-refractivity contribution in [3.63, 3.8) is 0 Å². The van der Waals surface area contributed by atoms with Crippen molar-refractivity contribution < 1.29 is 4.74 Å². The summed E-state index contributed by atoms with van der Waals surface area (Å²) in [6, 6.07) is 5.30. The first-order valence-corrected chi connectivity index (χ1v) is 7.45. The molecule has 0 bridgehead atoms. The number of likely N-dealkylation sites (tertiary alicyclic amines) is 1. The van der Waals surface area contributed by atoms with Gasteiger partial charge in [-0.1, -0.05) is 23.2 Å². The van der Waals surface area contributed by atoms with Crippen molar-refractivity contribution in [1.82, 2.24) is 4.90 Å². The Morgan fingerprint density at radius 2 is 2.00 bits per heavy atom. The summed E-state index contributed by atoms with van der Waals surface area (Å²) in [6.45, 7) is 4.61. The highest BCUT2D eigenvalue weighted by Gasteiger charge is 2.17. The van der Waals surface area contributed by atoms with Crippen molar-refractivity contribution in [3.8, 4) is 5.75 Å². The van der Waals surface area contributed by atoms with Crippen LogP contribution in [0.25, 0.3) is 0 Å². The lowest BCUT2D eigenvalue weighted by molar-refractivity contribution is 0.157. The molecule has 19 heavy (non-hydrogen) atoms. The average molecular weight is 303 g/mol. The monoisotopic (exact) mass is 302 g/mol. The lowest BCUT2D eigenvalue weighted by Gasteiger charge is -2.31. The maximum absolute atomic E-state index is 6.05. The van der Waals surface area contributed by atoms with Crippen molar-refractivity contribution in [2.45, 2.75) is 12.8 Å². The zero-order chi connectivity index (χ0) is 13.7. The Bertz CT molecular complexity index is 406. The molecule has 1 saturated heterocycles. The molecule has 0 saturated carbocycles. The number of halogens is 2. The molecule has 1 fully saturated rings. The maximum Gasteiger partial charge on any atom is 0.138 e. The van der Waals surface area contributed by atoms with Crippen LogP contribution in [0, 0.1) is 5.92 Å². The Balaban J connectivity index is 1.72. The first-order chi connectivity index (χ1) is 9.19. The molecule has 0 radical (unpaired) electrons. The molecule has 1 aliphatic heterocycles. The van der Waals surface area contributed by atoms with Crippen LogP contribution in [-0.2, 0) is 0 Å². The second-order valence-corrected chi connectivity index (χ2v) is 5.79. The molecule has 0 spiro atoms. The Morgan fingerprint density at radius 1 is 1.26 bits per heavy atom. The quantitative estimate of drug-likeness (QED) is 0.908. The van der Waals surface area contributed by atoms with Crippen LogP contribution in [0.15, 0.2) is 18.2 Å². The minimum absolute atomic E-state index is 0.564. The Hall–Kier alpha value is -0.480. The van der Waals surface area contributed by atoms with Crippen molar-refractivity contribution in [3.05, 3.63) is 28.2 Å². The molecule has 0 unspecified atom stereocenters. The number of nitrogens with two attached hydrogens (primary N) is 1. The van der Waals surface area contributed by atoms with Gasteiger partial charge >= 0.3 is 0 Å². The van der Waals surface area contributed by atoms with Crippen LogP contribution in [-0.4, -0.2) is 37.7 Å². The van der Waals surface area contributed by atoms with Crippen LogP contribution in [0.5, 0.6) is 5.75 Å². The van der Waals surface area contributed by atoms with Crippen molar-refractivity contribution in [1.29, 1.82) is 0 Å². The summed E-state index contributed by atoms with van der Waals surface area (Å²) < 4.78 is 5.69. The lowest BCUT2D eigenvalue weighted by atomic mass is 9.97. The molecule has 5 heteroatoms. The highest BCUT2D eigenvalue weighted by molar-refractivity contribution is 6.35. The minimum Gasteiger partial charge on any atom is -0.491 e. The predicted octanol–water partition coefficient (Wildman–Crippen LogP) is 3.04. The molecular weight excluding hydrogens is 283 g/mol. The van der Waals surface area contributed by atoms with Crippen LogP contribution in [0.2, 0.25) is 10.0 Å². The number of nitrogens with zero attached hydrogens (tertiary/aromatic N) is 1. The Morgan fingerprint density at radius 3 is 2.63 bits per heavy atom. The number of hydrogen-bond donors (Lipinski definition) is 1. The topological polar surface area (TPSA) is 38.5 Å². The molecule has 3 nitrogen and oxygen atoms in total. The standard InChI is InChI=1S/C14H20Cl2N2O/c15-12-1-2-14(13(16)9-12)19-8-7-18-5-3-11(10-17)4-6-18/h1-2,9,11H,3-8,10,17H2. The number of piperidine rings is 1. The van der Waals surface area contributed by atoms with Crippen LogP contribution in [0.3, 0.4) is 0 Å². The van der Waals surface area contributed by atoms with Gasteiger partial charge in [0.25, 0.3) is 0 Å². The molecule has 0 amide bonds. The molecule has 0 aliphatic carbocycles. The van der Waals surface area contributed by atoms with Gasteiger partial charge in [0.05, 0.1) is 5.02 Å². The third-order valence-electron chi connectivity index (χ3n) is 3.60. The van der Waals surface area contributed by atoms with Crippen molar-refractivity contribution in [2.75, 3.05) is 32.8 Å². The molecule has 2 N–H and O–H groups in total. The second kappa shape index (κ2) is 7.34. The van der Waals surface area contributed by atoms with Crippen LogP contribution in [0.1, 0.15) is 12.8 Å². The highest BCUT2D eigenvalue weighted by atomic mass is 35.5. The zero-order valence-corrected chi connectivity index (χ0v) is 12.5. The largest absolute Gasteiger partial charge is 0.491 e. The summed E-state index contributed by atoms with van der Waals surface area (Å²) in [5.41, 5.74) is 5.68. The van der Waals surface area contributed by atoms with Gasteiger partial charge in [-0.15, -0.1) is 0 Å². The van der Waals surface area contributed by atoms with Gasteiger partial charge in [-0.3, -0.25) is 4.90 Å². The van der Waals surface area contributed by atoms with Gasteiger partial charge in [0.2, 0.25) is 0 Å². The van der Waals surface area contributed by atoms with E-state index in [1.807, 2.05) is 6.07 Å². The number of benzene rings is 1. The molecule has 0 aromatic heterocycles. The summed E-state index contributed by atoms with van der Waals surface area (Å²) in [5, 5.41) is 1.19. The summed E-state index contributed by atoms with van der Waals surface area (Å²) >= 11 is 11.9.